The molecule has 0 unspecified atom stereocenters. The van der Waals surface area contributed by atoms with Crippen LogP contribution in [0.3, 0.4) is 0 Å². The Balaban J connectivity index is 2.06. The molecule has 3 nitrogen and oxygen atoms in total. The van der Waals surface area contributed by atoms with Gasteiger partial charge in [-0.25, -0.2) is 0 Å². The molecule has 2 rings (SSSR count). The van der Waals surface area contributed by atoms with Crippen LogP contribution in [0.4, 0.5) is 5.69 Å². The predicted octanol–water partition coefficient (Wildman–Crippen LogP) is 2.97. The van der Waals surface area contributed by atoms with E-state index in [2.05, 4.69) is 11.4 Å². The van der Waals surface area contributed by atoms with Gasteiger partial charge in [-0.3, -0.25) is 0 Å². The van der Waals surface area contributed by atoms with Crippen molar-refractivity contribution in [3.05, 3.63) is 29.3 Å². The third kappa shape index (κ3) is 2.83. The van der Waals surface area contributed by atoms with Crippen molar-refractivity contribution in [1.82, 2.24) is 0 Å². The van der Waals surface area contributed by atoms with E-state index < -0.39 is 5.60 Å². The van der Waals surface area contributed by atoms with Gasteiger partial charge in [0.25, 0.3) is 0 Å². The Morgan fingerprint density at radius 2 is 2.06 bits per heavy atom. The smallest absolute Gasteiger partial charge is 0.102 e. The molecule has 0 atom stereocenters. The van der Waals surface area contributed by atoms with E-state index in [0.29, 0.717) is 12.1 Å². The Morgan fingerprint density at radius 1 is 1.33 bits per heavy atom. The van der Waals surface area contributed by atoms with E-state index in [-0.39, 0.29) is 0 Å². The lowest BCUT2D eigenvalue weighted by atomic mass is 9.85. The van der Waals surface area contributed by atoms with Crippen molar-refractivity contribution in [2.24, 2.45) is 0 Å². The van der Waals surface area contributed by atoms with Crippen molar-refractivity contribution in [3.63, 3.8) is 0 Å². The Morgan fingerprint density at radius 3 is 2.72 bits per heavy atom. The van der Waals surface area contributed by atoms with Gasteiger partial charge in [0.2, 0.25) is 0 Å². The molecule has 2 N–H and O–H groups in total. The Bertz CT molecular complexity index is 456. The highest BCUT2D eigenvalue weighted by molar-refractivity contribution is 5.60. The molecule has 1 aliphatic rings. The zero-order chi connectivity index (χ0) is 13.0. The van der Waals surface area contributed by atoms with E-state index in [1.54, 1.807) is 0 Å². The maximum Gasteiger partial charge on any atom is 0.102 e. The van der Waals surface area contributed by atoms with Gasteiger partial charge in [-0.1, -0.05) is 31.4 Å². The quantitative estimate of drug-likeness (QED) is 0.859. The fourth-order valence-electron chi connectivity index (χ4n) is 2.61. The van der Waals surface area contributed by atoms with Gasteiger partial charge >= 0.3 is 0 Å². The van der Waals surface area contributed by atoms with Gasteiger partial charge in [-0.2, -0.15) is 5.26 Å². The minimum atomic E-state index is -0.602. The number of nitriles is 1. The standard InChI is InChI=1S/C15H20N2O/c1-12-6-5-7-14(13(12)10-16)17-11-15(18)8-3-2-4-9-15/h5-7,17-18H,2-4,8-9,11H2,1H3. The number of anilines is 1. The molecule has 1 aromatic carbocycles. The van der Waals surface area contributed by atoms with Crippen molar-refractivity contribution in [2.75, 3.05) is 11.9 Å². The third-order valence-corrected chi connectivity index (χ3v) is 3.78. The number of hydrogen-bond donors (Lipinski definition) is 2. The summed E-state index contributed by atoms with van der Waals surface area (Å²) >= 11 is 0. The second kappa shape index (κ2) is 5.41. The zero-order valence-corrected chi connectivity index (χ0v) is 10.9. The maximum absolute atomic E-state index is 10.4. The molecule has 0 aliphatic heterocycles. The summed E-state index contributed by atoms with van der Waals surface area (Å²) in [4.78, 5) is 0. The SMILES string of the molecule is Cc1cccc(NCC2(O)CCCCC2)c1C#N. The molecule has 0 saturated heterocycles. The Labute approximate surface area is 108 Å². The molecule has 3 heteroatoms. The van der Waals surface area contributed by atoms with Crippen LogP contribution in [0.2, 0.25) is 0 Å². The van der Waals surface area contributed by atoms with Crippen LogP contribution in [0.25, 0.3) is 0 Å². The van der Waals surface area contributed by atoms with Gasteiger partial charge in [0, 0.05) is 6.54 Å². The first kappa shape index (κ1) is 12.9. The fraction of sp³-hybridized carbons (Fsp3) is 0.533. The highest BCUT2D eigenvalue weighted by atomic mass is 16.3. The van der Waals surface area contributed by atoms with Gasteiger partial charge < -0.3 is 10.4 Å². The number of benzene rings is 1. The lowest BCUT2D eigenvalue weighted by molar-refractivity contribution is 0.0167. The van der Waals surface area contributed by atoms with Crippen LogP contribution in [0, 0.1) is 18.3 Å². The molecule has 0 spiro atoms. The average Bonchev–Trinajstić information content (AvgIpc) is 2.37. The number of hydrogen-bond acceptors (Lipinski definition) is 3. The molecular formula is C15H20N2O. The lowest BCUT2D eigenvalue weighted by Crippen LogP contribution is -2.38. The predicted molar refractivity (Wildman–Crippen MR) is 72.4 cm³/mol. The summed E-state index contributed by atoms with van der Waals surface area (Å²) in [6.45, 7) is 2.46. The summed E-state index contributed by atoms with van der Waals surface area (Å²) in [5.74, 6) is 0. The van der Waals surface area contributed by atoms with Crippen LogP contribution in [-0.2, 0) is 0 Å². The minimum Gasteiger partial charge on any atom is -0.388 e. The van der Waals surface area contributed by atoms with Crippen molar-refractivity contribution >= 4 is 5.69 Å². The first-order valence-corrected chi connectivity index (χ1v) is 6.61. The van der Waals surface area contributed by atoms with E-state index in [1.165, 1.54) is 6.42 Å². The molecule has 0 heterocycles. The summed E-state index contributed by atoms with van der Waals surface area (Å²) in [5, 5.41) is 22.8. The number of aryl methyl sites for hydroxylation is 1. The molecule has 0 radical (unpaired) electrons. The van der Waals surface area contributed by atoms with Crippen LogP contribution in [0.15, 0.2) is 18.2 Å². The van der Waals surface area contributed by atoms with E-state index in [1.807, 2.05) is 25.1 Å². The second-order valence-corrected chi connectivity index (χ2v) is 5.25. The largest absolute Gasteiger partial charge is 0.388 e. The van der Waals surface area contributed by atoms with E-state index in [9.17, 15) is 5.11 Å². The van der Waals surface area contributed by atoms with Crippen molar-refractivity contribution < 1.29 is 5.11 Å². The maximum atomic E-state index is 10.4. The van der Waals surface area contributed by atoms with Gasteiger partial charge in [0.05, 0.1) is 16.9 Å². The Kier molecular flexibility index (Phi) is 3.88. The van der Waals surface area contributed by atoms with Gasteiger partial charge in [-0.15, -0.1) is 0 Å². The monoisotopic (exact) mass is 244 g/mol. The molecule has 96 valence electrons. The van der Waals surface area contributed by atoms with Gasteiger partial charge in [-0.05, 0) is 31.4 Å². The van der Waals surface area contributed by atoms with Gasteiger partial charge in [0.15, 0.2) is 0 Å². The summed E-state index contributed by atoms with van der Waals surface area (Å²) in [6.07, 6.45) is 5.12. The highest BCUT2D eigenvalue weighted by Gasteiger charge is 2.28. The van der Waals surface area contributed by atoms with Crippen LogP contribution < -0.4 is 5.32 Å². The molecule has 1 fully saturated rings. The second-order valence-electron chi connectivity index (χ2n) is 5.25. The number of nitrogens with one attached hydrogen (secondary N) is 1. The summed E-state index contributed by atoms with van der Waals surface area (Å²) in [6, 6.07) is 7.98. The highest BCUT2D eigenvalue weighted by Crippen LogP contribution is 2.29. The van der Waals surface area contributed by atoms with E-state index in [0.717, 1.165) is 36.9 Å². The number of rotatable bonds is 3. The van der Waals surface area contributed by atoms with Gasteiger partial charge in [0.1, 0.15) is 6.07 Å². The molecule has 1 saturated carbocycles. The van der Waals surface area contributed by atoms with Crippen LogP contribution in [0.1, 0.15) is 43.2 Å². The molecular weight excluding hydrogens is 224 g/mol. The summed E-state index contributed by atoms with van der Waals surface area (Å²) < 4.78 is 0. The normalized spacial score (nSPS) is 18.1. The summed E-state index contributed by atoms with van der Waals surface area (Å²) in [7, 11) is 0. The van der Waals surface area contributed by atoms with E-state index in [4.69, 9.17) is 5.26 Å². The van der Waals surface area contributed by atoms with E-state index >= 15 is 0 Å². The molecule has 0 aromatic heterocycles. The third-order valence-electron chi connectivity index (χ3n) is 3.78. The summed E-state index contributed by atoms with van der Waals surface area (Å²) in [5.41, 5.74) is 1.88. The first-order valence-electron chi connectivity index (χ1n) is 6.61. The topological polar surface area (TPSA) is 56.0 Å². The molecule has 0 amide bonds. The molecule has 0 bridgehead atoms. The van der Waals surface area contributed by atoms with Crippen LogP contribution in [0.5, 0.6) is 0 Å². The fourth-order valence-corrected chi connectivity index (χ4v) is 2.61. The first-order chi connectivity index (χ1) is 8.64. The lowest BCUT2D eigenvalue weighted by Gasteiger charge is -2.32. The molecule has 1 aliphatic carbocycles. The van der Waals surface area contributed by atoms with Crippen LogP contribution in [-0.4, -0.2) is 17.3 Å². The molecule has 18 heavy (non-hydrogen) atoms. The van der Waals surface area contributed by atoms with Crippen LogP contribution >= 0.6 is 0 Å². The minimum absolute atomic E-state index is 0.533. The Hall–Kier alpha value is -1.53. The van der Waals surface area contributed by atoms with Crippen molar-refractivity contribution in [1.29, 1.82) is 5.26 Å². The van der Waals surface area contributed by atoms with Crippen molar-refractivity contribution in [2.45, 2.75) is 44.6 Å². The number of nitrogens with zero attached hydrogens (tertiary/aromatic N) is 1. The zero-order valence-electron chi connectivity index (χ0n) is 10.9. The average molecular weight is 244 g/mol. The number of aliphatic hydroxyl groups is 1. The molecule has 1 aromatic rings. The van der Waals surface area contributed by atoms with Crippen molar-refractivity contribution in [3.8, 4) is 6.07 Å².